The Kier molecular flexibility index (Phi) is 17.7. The van der Waals surface area contributed by atoms with Crippen LogP contribution in [0.25, 0.3) is 0 Å². The second-order valence-corrected chi connectivity index (χ2v) is 21.3. The van der Waals surface area contributed by atoms with Gasteiger partial charge >= 0.3 is 304 Å². The van der Waals surface area contributed by atoms with E-state index in [1.54, 1.807) is 26.7 Å². The molecule has 4 atom stereocenters. The quantitative estimate of drug-likeness (QED) is 0.196. The summed E-state index contributed by atoms with van der Waals surface area (Å²) in [6.07, 6.45) is 4.60. The zero-order chi connectivity index (χ0) is 35.0. The molecule has 0 bridgehead atoms. The molecule has 0 spiro atoms. The molecule has 0 saturated heterocycles. The third-order valence-electron chi connectivity index (χ3n) is 12.6. The summed E-state index contributed by atoms with van der Waals surface area (Å²) >= 11 is 2.65. The van der Waals surface area contributed by atoms with Crippen LogP contribution in [0.4, 0.5) is 0 Å². The average molecular weight is 786 g/mol. The first kappa shape index (κ1) is 47.0. The third kappa shape index (κ3) is 8.20. The maximum atomic E-state index is 2.69. The van der Waals surface area contributed by atoms with Gasteiger partial charge in [0, 0.05) is 0 Å². The Morgan fingerprint density at radius 3 is 0.980 bits per heavy atom. The van der Waals surface area contributed by atoms with Crippen LogP contribution in [0.3, 0.4) is 0 Å². The van der Waals surface area contributed by atoms with Gasteiger partial charge in [-0.2, -0.15) is 0 Å². The van der Waals surface area contributed by atoms with E-state index in [9.17, 15) is 0 Å². The van der Waals surface area contributed by atoms with Gasteiger partial charge in [0.2, 0.25) is 0 Å². The van der Waals surface area contributed by atoms with Gasteiger partial charge in [0.05, 0.1) is 0 Å². The predicted octanol–water partition coefficient (Wildman–Crippen LogP) is 2.77. The van der Waals surface area contributed by atoms with Gasteiger partial charge < -0.3 is 37.2 Å². The van der Waals surface area contributed by atoms with Crippen LogP contribution < -0.4 is 52.8 Å². The average Bonchev–Trinajstić information content (AvgIpc) is 3.21. The third-order valence-corrected chi connectivity index (χ3v) is 20.8. The first-order chi connectivity index (χ1) is 22.1. The molecular formula is C45H63Cl3SiTi. The van der Waals surface area contributed by atoms with Gasteiger partial charge in [0.25, 0.3) is 0 Å². The van der Waals surface area contributed by atoms with E-state index in [4.69, 9.17) is 0 Å². The van der Waals surface area contributed by atoms with Crippen LogP contribution in [-0.2, 0) is 20.4 Å². The first-order valence-corrected chi connectivity index (χ1v) is 21.4. The minimum absolute atomic E-state index is 0. The summed E-state index contributed by atoms with van der Waals surface area (Å²) < 4.78 is -0.122. The number of rotatable bonds is 12. The van der Waals surface area contributed by atoms with E-state index in [1.165, 1.54) is 44.5 Å². The van der Waals surface area contributed by atoms with Crippen molar-refractivity contribution in [1.29, 1.82) is 0 Å². The molecule has 50 heavy (non-hydrogen) atoms. The number of hydrogen-bond acceptors (Lipinski definition) is 0. The Morgan fingerprint density at radius 2 is 0.720 bits per heavy atom. The Balaban J connectivity index is 0.00000417. The molecule has 1 aliphatic carbocycles. The van der Waals surface area contributed by atoms with Gasteiger partial charge in [0.1, 0.15) is 0 Å². The minimum atomic E-state index is -2.86. The van der Waals surface area contributed by atoms with Crippen molar-refractivity contribution in [2.75, 3.05) is 0 Å². The van der Waals surface area contributed by atoms with Crippen LogP contribution in [-0.4, -0.2) is 8.07 Å². The van der Waals surface area contributed by atoms with E-state index in [1.807, 2.05) is 0 Å². The molecular weight excluding hydrogens is 723 g/mol. The van der Waals surface area contributed by atoms with Gasteiger partial charge in [-0.15, -0.1) is 0 Å². The normalized spacial score (nSPS) is 17.6. The smallest absolute Gasteiger partial charge is 1.00 e. The number of hydrogen-bond donors (Lipinski definition) is 0. The molecule has 0 aromatic heterocycles. The molecule has 4 unspecified atom stereocenters. The van der Waals surface area contributed by atoms with Crippen LogP contribution in [0.1, 0.15) is 166 Å². The van der Waals surface area contributed by atoms with Crippen molar-refractivity contribution in [1.82, 2.24) is 0 Å². The molecule has 0 aliphatic heterocycles. The largest absolute Gasteiger partial charge is 1.00 e. The molecule has 0 saturated carbocycles. The summed E-state index contributed by atoms with van der Waals surface area (Å²) in [4.78, 5) is 0. The fraction of sp³-hybridized carbons (Fsp3) is 0.511. The zero-order valence-electron chi connectivity index (χ0n) is 33.5. The Morgan fingerprint density at radius 1 is 0.460 bits per heavy atom. The van der Waals surface area contributed by atoms with E-state index < -0.39 is 8.07 Å². The van der Waals surface area contributed by atoms with Gasteiger partial charge in [-0.3, -0.25) is 0 Å². The van der Waals surface area contributed by atoms with Crippen LogP contribution >= 0.6 is 0 Å². The monoisotopic (exact) mass is 784 g/mol. The fourth-order valence-corrected chi connectivity index (χ4v) is 17.0. The molecule has 272 valence electrons. The molecule has 0 N–H and O–H groups in total. The summed E-state index contributed by atoms with van der Waals surface area (Å²) in [6, 6.07) is 23.4. The second kappa shape index (κ2) is 18.8. The van der Waals surface area contributed by atoms with Crippen molar-refractivity contribution in [2.45, 2.75) is 150 Å². The van der Waals surface area contributed by atoms with Gasteiger partial charge in [-0.25, -0.2) is 0 Å². The van der Waals surface area contributed by atoms with Crippen molar-refractivity contribution < 1.29 is 57.7 Å². The topological polar surface area (TPSA) is 0 Å². The van der Waals surface area contributed by atoms with Gasteiger partial charge in [-0.05, 0) is 0 Å². The molecule has 0 nitrogen and oxygen atoms in total. The summed E-state index contributed by atoms with van der Waals surface area (Å²) in [7, 11) is -2.86. The van der Waals surface area contributed by atoms with Crippen molar-refractivity contribution in [3.8, 4) is 0 Å². The molecule has 0 heterocycles. The number of halogens is 3. The number of benzene rings is 3. The Labute approximate surface area is 338 Å². The fourth-order valence-electron chi connectivity index (χ4n) is 8.18. The van der Waals surface area contributed by atoms with E-state index in [0.29, 0.717) is 23.7 Å². The molecule has 0 radical (unpaired) electrons. The van der Waals surface area contributed by atoms with Crippen molar-refractivity contribution in [2.24, 2.45) is 0 Å². The summed E-state index contributed by atoms with van der Waals surface area (Å²) in [5.41, 5.74) is 14.9. The predicted molar refractivity (Wildman–Crippen MR) is 208 cm³/mol. The molecule has 1 aliphatic rings. The van der Waals surface area contributed by atoms with Crippen molar-refractivity contribution >= 4 is 23.6 Å². The molecule has 5 heteroatoms. The van der Waals surface area contributed by atoms with Crippen molar-refractivity contribution in [3.05, 3.63) is 110 Å². The van der Waals surface area contributed by atoms with Crippen LogP contribution in [0.2, 0.25) is 3.34 Å². The van der Waals surface area contributed by atoms with Gasteiger partial charge in [-0.1, -0.05) is 0 Å². The second-order valence-electron chi connectivity index (χ2n) is 15.4. The Bertz CT molecular complexity index is 1520. The first-order valence-electron chi connectivity index (χ1n) is 18.6. The SMILES string of the molecule is CCC(C)c1cc(C(C)CC)cc([Si](c2cc(C)cc(C)c2)(c2cc(C(C)CC)cc(C(C)CC)c2)[C]2([Ti+3])C(C)=C(C)C(C)=C2C)c1.[Cl-].[Cl-].[Cl-]. The molecule has 3 aromatic carbocycles. The zero-order valence-corrected chi connectivity index (χ0v) is 38.3. The summed E-state index contributed by atoms with van der Waals surface area (Å²) in [5.74, 6) is 2.05. The van der Waals surface area contributed by atoms with E-state index >= 15 is 0 Å². The van der Waals surface area contributed by atoms with E-state index in [2.05, 4.69) is 172 Å². The summed E-state index contributed by atoms with van der Waals surface area (Å²) in [5, 5.41) is 4.75. The number of allylic oxidation sites excluding steroid dienone is 4. The van der Waals surface area contributed by atoms with Crippen molar-refractivity contribution in [3.63, 3.8) is 0 Å². The van der Waals surface area contributed by atoms with E-state index in [0.717, 1.165) is 25.7 Å². The molecule has 0 fully saturated rings. The summed E-state index contributed by atoms with van der Waals surface area (Å²) in [6.45, 7) is 33.5. The molecule has 4 rings (SSSR count). The van der Waals surface area contributed by atoms with Crippen LogP contribution in [0.15, 0.2) is 76.9 Å². The number of aryl methyl sites for hydroxylation is 2. The maximum absolute atomic E-state index is 2.86. The maximum Gasteiger partial charge on any atom is -1.00 e. The van der Waals surface area contributed by atoms with Crippen LogP contribution in [0.5, 0.6) is 0 Å². The van der Waals surface area contributed by atoms with E-state index in [-0.39, 0.29) is 40.6 Å². The molecule has 3 aromatic rings. The molecule has 0 amide bonds. The minimum Gasteiger partial charge on any atom is -1.00 e. The standard InChI is InChI=1S/C45H63Si.3ClH.Ti/c1-15-30(7)38-22-39(31(8)16-2)25-43(24-38)46(42-20-28(5)19-29(6)21-42,45-36(13)34(11)35(12)37(45)14)44-26-40(32(9)17-3)23-41(27-44)33(10)18-4;;;;/h19-27,30-33H,15-18H2,1-14H3;3*1H;/q;;;;+3/p-3. The Hall–Kier alpha value is -1.06. The van der Waals surface area contributed by atoms with Crippen LogP contribution in [0, 0.1) is 13.8 Å². The van der Waals surface area contributed by atoms with Gasteiger partial charge in [0.15, 0.2) is 0 Å².